The number of H-pyrrole nitrogens is 1. The Bertz CT molecular complexity index is 2280. The van der Waals surface area contributed by atoms with E-state index in [4.69, 9.17) is 9.72 Å². The highest BCUT2D eigenvalue weighted by molar-refractivity contribution is 7.92. The number of carbonyl (C=O) groups excluding carboxylic acids is 3. The maximum atomic E-state index is 13.3. The van der Waals surface area contributed by atoms with E-state index in [1.54, 1.807) is 43.9 Å². The number of carbonyl (C=O) groups is 3. The van der Waals surface area contributed by atoms with Crippen LogP contribution in [0.15, 0.2) is 41.3 Å². The summed E-state index contributed by atoms with van der Waals surface area (Å²) in [6, 6.07) is 10.5. The zero-order chi connectivity index (χ0) is 40.5. The number of hydrogen-bond acceptors (Lipinski definition) is 11. The van der Waals surface area contributed by atoms with Gasteiger partial charge in [-0.2, -0.15) is 15.1 Å². The molecule has 0 spiro atoms. The van der Waals surface area contributed by atoms with Crippen molar-refractivity contribution in [3.8, 4) is 6.01 Å². The topological polar surface area (TPSA) is 180 Å². The molecular formula is C42H54N8O6S. The molecule has 3 amide bonds. The normalized spacial score (nSPS) is 18.3. The average molecular weight is 799 g/mol. The number of aromatic nitrogens is 4. The second-order valence-corrected chi connectivity index (χ2v) is 19.4. The largest absolute Gasteiger partial charge is 0.463 e. The molecule has 0 radical (unpaired) electrons. The fourth-order valence-corrected chi connectivity index (χ4v) is 9.17. The number of nitrogens with one attached hydrogen (secondary N) is 3. The Morgan fingerprint density at radius 3 is 2.44 bits per heavy atom. The van der Waals surface area contributed by atoms with E-state index in [1.165, 1.54) is 5.56 Å². The molecule has 3 aliphatic heterocycles. The van der Waals surface area contributed by atoms with Crippen molar-refractivity contribution in [1.82, 2.24) is 35.3 Å². The van der Waals surface area contributed by atoms with Crippen molar-refractivity contribution in [2.75, 3.05) is 31.6 Å². The molecule has 57 heavy (non-hydrogen) atoms. The van der Waals surface area contributed by atoms with Crippen LogP contribution in [0.2, 0.25) is 0 Å². The summed E-state index contributed by atoms with van der Waals surface area (Å²) in [5.41, 5.74) is 5.30. The van der Waals surface area contributed by atoms with E-state index in [-0.39, 0.29) is 35.0 Å². The second-order valence-electron chi connectivity index (χ2n) is 16.7. The molecule has 0 aliphatic carbocycles. The summed E-state index contributed by atoms with van der Waals surface area (Å²) in [4.78, 5) is 51.0. The Balaban J connectivity index is 0.873. The van der Waals surface area contributed by atoms with Gasteiger partial charge in [-0.15, -0.1) is 0 Å². The SMILES string of the molecule is Cc1[nH]nc(Nc2nc(OCC3CCN(CCCCCCc4cccc5c4CN(C4CCC(=O)NC4=O)C5=O)CC3)nc3ccc(S(=O)(=O)C(C)(C)C)cc23)c1C. The number of rotatable bonds is 14. The lowest BCUT2D eigenvalue weighted by molar-refractivity contribution is -0.136. The monoisotopic (exact) mass is 798 g/mol. The summed E-state index contributed by atoms with van der Waals surface area (Å²) in [6.07, 6.45) is 7.96. The van der Waals surface area contributed by atoms with Crippen molar-refractivity contribution in [3.63, 3.8) is 0 Å². The summed E-state index contributed by atoms with van der Waals surface area (Å²) < 4.78 is 31.9. The lowest BCUT2D eigenvalue weighted by Gasteiger charge is -2.31. The lowest BCUT2D eigenvalue weighted by Crippen LogP contribution is -2.52. The van der Waals surface area contributed by atoms with E-state index in [0.717, 1.165) is 81.4 Å². The third-order valence-corrected chi connectivity index (χ3v) is 14.2. The molecule has 0 bridgehead atoms. The highest BCUT2D eigenvalue weighted by Gasteiger charge is 2.39. The van der Waals surface area contributed by atoms with Gasteiger partial charge in [-0.05, 0) is 134 Å². The number of imide groups is 1. The van der Waals surface area contributed by atoms with Crippen LogP contribution >= 0.6 is 0 Å². The van der Waals surface area contributed by atoms with Gasteiger partial charge in [0.15, 0.2) is 15.7 Å². The van der Waals surface area contributed by atoms with Crippen LogP contribution in [0.3, 0.4) is 0 Å². The van der Waals surface area contributed by atoms with Crippen LogP contribution in [-0.2, 0) is 32.4 Å². The smallest absolute Gasteiger partial charge is 0.318 e. The summed E-state index contributed by atoms with van der Waals surface area (Å²) in [6.45, 7) is 12.9. The molecule has 1 atom stereocenters. The van der Waals surface area contributed by atoms with Gasteiger partial charge in [0.25, 0.3) is 5.91 Å². The summed E-state index contributed by atoms with van der Waals surface area (Å²) in [7, 11) is -3.60. The molecule has 4 aromatic rings. The first-order valence-electron chi connectivity index (χ1n) is 20.1. The van der Waals surface area contributed by atoms with Crippen LogP contribution in [0.4, 0.5) is 11.6 Å². The van der Waals surface area contributed by atoms with Gasteiger partial charge in [-0.3, -0.25) is 24.8 Å². The summed E-state index contributed by atoms with van der Waals surface area (Å²) in [5.74, 6) is 0.631. The van der Waals surface area contributed by atoms with Crippen molar-refractivity contribution < 1.29 is 27.5 Å². The number of hydrogen-bond donors (Lipinski definition) is 3. The van der Waals surface area contributed by atoms with Crippen LogP contribution in [0.25, 0.3) is 10.9 Å². The molecule has 7 rings (SSSR count). The first-order valence-corrected chi connectivity index (χ1v) is 21.6. The molecule has 1 unspecified atom stereocenters. The van der Waals surface area contributed by atoms with Gasteiger partial charge in [-0.25, -0.2) is 8.42 Å². The average Bonchev–Trinajstić information content (AvgIpc) is 3.68. The highest BCUT2D eigenvalue weighted by atomic mass is 32.2. The number of piperidine rings is 2. The molecule has 304 valence electrons. The maximum absolute atomic E-state index is 13.3. The minimum absolute atomic E-state index is 0.122. The molecule has 3 N–H and O–H groups in total. The van der Waals surface area contributed by atoms with Crippen LogP contribution in [0.1, 0.15) is 105 Å². The van der Waals surface area contributed by atoms with Crippen molar-refractivity contribution in [1.29, 1.82) is 0 Å². The van der Waals surface area contributed by atoms with Crippen LogP contribution in [-0.4, -0.2) is 93.1 Å². The minimum atomic E-state index is -3.60. The van der Waals surface area contributed by atoms with E-state index in [2.05, 4.69) is 36.8 Å². The van der Waals surface area contributed by atoms with Gasteiger partial charge >= 0.3 is 6.01 Å². The van der Waals surface area contributed by atoms with Crippen LogP contribution < -0.4 is 15.4 Å². The number of fused-ring (bicyclic) bond motifs is 2. The molecule has 14 nitrogen and oxygen atoms in total. The number of anilines is 2. The van der Waals surface area contributed by atoms with E-state index < -0.39 is 20.6 Å². The predicted octanol–water partition coefficient (Wildman–Crippen LogP) is 5.94. The zero-order valence-corrected chi connectivity index (χ0v) is 34.4. The molecular weight excluding hydrogens is 745 g/mol. The van der Waals surface area contributed by atoms with Crippen molar-refractivity contribution >= 4 is 50.1 Å². The summed E-state index contributed by atoms with van der Waals surface area (Å²) in [5, 5.41) is 13.6. The Labute approximate surface area is 334 Å². The van der Waals surface area contributed by atoms with Gasteiger partial charge < -0.3 is 19.9 Å². The van der Waals surface area contributed by atoms with Gasteiger partial charge in [0.05, 0.1) is 21.8 Å². The first kappa shape index (κ1) is 40.3. The molecule has 0 saturated carbocycles. The highest BCUT2D eigenvalue weighted by Crippen LogP contribution is 2.34. The van der Waals surface area contributed by atoms with E-state index >= 15 is 0 Å². The number of aromatic amines is 1. The van der Waals surface area contributed by atoms with Crippen molar-refractivity contribution in [2.45, 2.75) is 115 Å². The fraction of sp³-hybridized carbons (Fsp3) is 0.524. The number of likely N-dealkylation sites (tertiary alicyclic amines) is 1. The molecule has 5 heterocycles. The van der Waals surface area contributed by atoms with Crippen molar-refractivity contribution in [2.24, 2.45) is 5.92 Å². The Hall–Kier alpha value is -4.89. The lowest BCUT2D eigenvalue weighted by atomic mass is 9.97. The molecule has 2 aromatic heterocycles. The number of amides is 3. The van der Waals surface area contributed by atoms with Gasteiger partial charge in [0.1, 0.15) is 11.9 Å². The first-order chi connectivity index (χ1) is 27.2. The quantitative estimate of drug-likeness (QED) is 0.102. The standard InChI is InChI=1S/C42H54N8O6S/c1-26-27(2)47-48-37(26)45-38-32-23-30(57(54,55)42(3,4)5)14-15-34(32)43-41(46-38)56-25-28-18-21-49(22-19-28)20-9-7-6-8-11-29-12-10-13-31-33(29)24-50(40(31)53)35-16-17-36(51)44-39(35)52/h10,12-15,23,28,35H,6-9,11,16-22,24-25H2,1-5H3,(H,44,51,52)(H2,43,45,46,47,48). The Morgan fingerprint density at radius 2 is 1.72 bits per heavy atom. The third kappa shape index (κ3) is 8.69. The maximum Gasteiger partial charge on any atom is 0.318 e. The van der Waals surface area contributed by atoms with Gasteiger partial charge in [0, 0.05) is 35.2 Å². The van der Waals surface area contributed by atoms with Gasteiger partial charge in [-0.1, -0.05) is 25.0 Å². The molecule has 2 fully saturated rings. The van der Waals surface area contributed by atoms with E-state index in [9.17, 15) is 22.8 Å². The molecule has 2 saturated heterocycles. The molecule has 15 heteroatoms. The second kappa shape index (κ2) is 16.5. The number of benzene rings is 2. The minimum Gasteiger partial charge on any atom is -0.463 e. The van der Waals surface area contributed by atoms with Gasteiger partial charge in [0.2, 0.25) is 11.8 Å². The third-order valence-electron chi connectivity index (χ3n) is 11.8. The summed E-state index contributed by atoms with van der Waals surface area (Å²) >= 11 is 0. The molecule has 3 aliphatic rings. The number of sulfone groups is 1. The number of aryl methyl sites for hydroxylation is 2. The Kier molecular flexibility index (Phi) is 11.7. The number of ether oxygens (including phenoxy) is 1. The van der Waals surface area contributed by atoms with E-state index in [1.807, 2.05) is 26.0 Å². The zero-order valence-electron chi connectivity index (χ0n) is 33.6. The van der Waals surface area contributed by atoms with Crippen LogP contribution in [0, 0.1) is 19.8 Å². The molecule has 2 aromatic carbocycles. The van der Waals surface area contributed by atoms with Crippen LogP contribution in [0.5, 0.6) is 6.01 Å². The number of unbranched alkanes of at least 4 members (excludes halogenated alkanes) is 3. The number of nitrogens with zero attached hydrogens (tertiary/aromatic N) is 5. The van der Waals surface area contributed by atoms with E-state index in [0.29, 0.717) is 53.6 Å². The predicted molar refractivity (Wildman–Crippen MR) is 217 cm³/mol. The Morgan fingerprint density at radius 1 is 0.947 bits per heavy atom. The van der Waals surface area contributed by atoms with Crippen molar-refractivity contribution in [3.05, 3.63) is 64.3 Å². The fourth-order valence-electron chi connectivity index (χ4n) is 7.94.